The van der Waals surface area contributed by atoms with Gasteiger partial charge in [0.25, 0.3) is 0 Å². The fourth-order valence-electron chi connectivity index (χ4n) is 1.78. The van der Waals surface area contributed by atoms with E-state index < -0.39 is 11.1 Å². The smallest absolute Gasteiger partial charge is 0.326 e. The van der Waals surface area contributed by atoms with Gasteiger partial charge in [0.05, 0.1) is 6.04 Å². The van der Waals surface area contributed by atoms with Gasteiger partial charge < -0.3 is 16.2 Å². The lowest BCUT2D eigenvalue weighted by Gasteiger charge is -2.34. The van der Waals surface area contributed by atoms with Crippen molar-refractivity contribution in [1.29, 1.82) is 0 Å². The number of hydrogen-bond donors (Lipinski definition) is 2. The molecule has 1 saturated carbocycles. The van der Waals surface area contributed by atoms with Crippen molar-refractivity contribution in [3.8, 4) is 0 Å². The molecule has 0 amide bonds. The van der Waals surface area contributed by atoms with Gasteiger partial charge in [0.15, 0.2) is 0 Å². The third-order valence-electron chi connectivity index (χ3n) is 2.80. The van der Waals surface area contributed by atoms with Crippen molar-refractivity contribution in [3.05, 3.63) is 0 Å². The van der Waals surface area contributed by atoms with Crippen molar-refractivity contribution in [3.63, 3.8) is 0 Å². The quantitative estimate of drug-likeness (QED) is 0.614. The summed E-state index contributed by atoms with van der Waals surface area (Å²) in [6, 6.07) is 0.434. The van der Waals surface area contributed by atoms with Gasteiger partial charge in [-0.25, -0.2) is 0 Å². The molecular formula is C11H23N2O2+. The molecule has 88 valence electrons. The number of carbonyl (C=O) groups excluding carboxylic acids is 1. The molecule has 0 spiro atoms. The summed E-state index contributed by atoms with van der Waals surface area (Å²) < 4.78 is 5.33. The maximum Gasteiger partial charge on any atom is 0.326 e. The van der Waals surface area contributed by atoms with Crippen LogP contribution in [0.3, 0.4) is 0 Å². The Morgan fingerprint density at radius 2 is 1.87 bits per heavy atom. The average Bonchev–Trinajstić information content (AvgIpc) is 2.07. The second-order valence-electron chi connectivity index (χ2n) is 5.60. The SMILES string of the molecule is CC(C)(C)OC(=O)C1(N)CCC([NH3+])CC1. The number of ether oxygens (including phenoxy) is 1. The number of hydrogen-bond acceptors (Lipinski definition) is 3. The van der Waals surface area contributed by atoms with Crippen molar-refractivity contribution in [1.82, 2.24) is 0 Å². The molecule has 0 bridgehead atoms. The third-order valence-corrected chi connectivity index (χ3v) is 2.80. The van der Waals surface area contributed by atoms with Gasteiger partial charge >= 0.3 is 5.97 Å². The lowest BCUT2D eigenvalue weighted by molar-refractivity contribution is -0.426. The Labute approximate surface area is 91.3 Å². The molecule has 1 aliphatic rings. The van der Waals surface area contributed by atoms with Crippen LogP contribution in [0, 0.1) is 0 Å². The van der Waals surface area contributed by atoms with Crippen molar-refractivity contribution < 1.29 is 15.3 Å². The van der Waals surface area contributed by atoms with Gasteiger partial charge in [-0.05, 0) is 33.6 Å². The van der Waals surface area contributed by atoms with Crippen LogP contribution >= 0.6 is 0 Å². The fraction of sp³-hybridized carbons (Fsp3) is 0.909. The van der Waals surface area contributed by atoms with Crippen LogP contribution in [0.25, 0.3) is 0 Å². The van der Waals surface area contributed by atoms with E-state index in [-0.39, 0.29) is 5.97 Å². The van der Waals surface area contributed by atoms with E-state index in [0.717, 1.165) is 12.8 Å². The minimum atomic E-state index is -0.776. The van der Waals surface area contributed by atoms with E-state index in [1.54, 1.807) is 0 Å². The molecule has 1 aliphatic carbocycles. The lowest BCUT2D eigenvalue weighted by atomic mass is 9.80. The molecule has 1 fully saturated rings. The minimum Gasteiger partial charge on any atom is -0.459 e. The van der Waals surface area contributed by atoms with E-state index in [0.29, 0.717) is 18.9 Å². The summed E-state index contributed by atoms with van der Waals surface area (Å²) in [6.45, 7) is 5.59. The average molecular weight is 215 g/mol. The number of rotatable bonds is 1. The molecule has 0 aromatic carbocycles. The standard InChI is InChI=1S/C11H22N2O2/c1-10(2,3)15-9(14)11(13)6-4-8(12)5-7-11/h8H,4-7,12-13H2,1-3H3/p+1. The van der Waals surface area contributed by atoms with E-state index in [1.807, 2.05) is 20.8 Å². The zero-order valence-electron chi connectivity index (χ0n) is 10.0. The summed E-state index contributed by atoms with van der Waals surface area (Å²) in [5.41, 5.74) is 8.83. The number of nitrogens with two attached hydrogens (primary N) is 1. The summed E-state index contributed by atoms with van der Waals surface area (Å²) >= 11 is 0. The Hall–Kier alpha value is -0.610. The molecule has 4 nitrogen and oxygen atoms in total. The molecule has 0 heterocycles. The highest BCUT2D eigenvalue weighted by Crippen LogP contribution is 2.27. The fourth-order valence-corrected chi connectivity index (χ4v) is 1.78. The van der Waals surface area contributed by atoms with Gasteiger partial charge in [-0.15, -0.1) is 0 Å². The zero-order chi connectivity index (χ0) is 11.7. The highest BCUT2D eigenvalue weighted by Gasteiger charge is 2.41. The first-order chi connectivity index (χ1) is 6.73. The largest absolute Gasteiger partial charge is 0.459 e. The predicted octanol–water partition coefficient (Wildman–Crippen LogP) is 0.210. The van der Waals surface area contributed by atoms with E-state index >= 15 is 0 Å². The molecule has 4 heteroatoms. The van der Waals surface area contributed by atoms with Crippen LogP contribution in [0.5, 0.6) is 0 Å². The Morgan fingerprint density at radius 1 is 1.40 bits per heavy atom. The minimum absolute atomic E-state index is 0.262. The second-order valence-corrected chi connectivity index (χ2v) is 5.60. The van der Waals surface area contributed by atoms with Crippen molar-refractivity contribution in [2.45, 2.75) is 63.6 Å². The van der Waals surface area contributed by atoms with Crippen molar-refractivity contribution >= 4 is 5.97 Å². The highest BCUT2D eigenvalue weighted by atomic mass is 16.6. The monoisotopic (exact) mass is 215 g/mol. The molecular weight excluding hydrogens is 192 g/mol. The number of carbonyl (C=O) groups is 1. The van der Waals surface area contributed by atoms with Crippen molar-refractivity contribution in [2.24, 2.45) is 5.73 Å². The topological polar surface area (TPSA) is 80.0 Å². The number of quaternary nitrogens is 1. The van der Waals surface area contributed by atoms with E-state index in [1.165, 1.54) is 0 Å². The first-order valence-electron chi connectivity index (χ1n) is 5.58. The van der Waals surface area contributed by atoms with Crippen LogP contribution in [0.15, 0.2) is 0 Å². The lowest BCUT2D eigenvalue weighted by Crippen LogP contribution is -2.65. The summed E-state index contributed by atoms with van der Waals surface area (Å²) in [5.74, 6) is -0.262. The van der Waals surface area contributed by atoms with Crippen LogP contribution < -0.4 is 11.5 Å². The Bertz CT molecular complexity index is 237. The Kier molecular flexibility index (Phi) is 3.41. The first kappa shape index (κ1) is 12.5. The van der Waals surface area contributed by atoms with Crippen LogP contribution in [0.1, 0.15) is 46.5 Å². The number of esters is 1. The Balaban J connectivity index is 2.58. The molecule has 0 saturated heterocycles. The molecule has 0 radical (unpaired) electrons. The normalized spacial score (nSPS) is 32.5. The maximum atomic E-state index is 11.9. The summed E-state index contributed by atoms with van der Waals surface area (Å²) in [5, 5.41) is 0. The predicted molar refractivity (Wildman–Crippen MR) is 57.9 cm³/mol. The molecule has 0 aromatic rings. The van der Waals surface area contributed by atoms with Gasteiger partial charge in [0.1, 0.15) is 11.1 Å². The molecule has 0 atom stereocenters. The summed E-state index contributed by atoms with van der Waals surface area (Å²) in [6.07, 6.45) is 3.21. The van der Waals surface area contributed by atoms with Crippen LogP contribution in [-0.2, 0) is 9.53 Å². The maximum absolute atomic E-state index is 11.9. The van der Waals surface area contributed by atoms with Gasteiger partial charge in [0.2, 0.25) is 0 Å². The second kappa shape index (κ2) is 4.10. The summed E-state index contributed by atoms with van der Waals surface area (Å²) in [7, 11) is 0. The highest BCUT2D eigenvalue weighted by molar-refractivity contribution is 5.81. The molecule has 5 N–H and O–H groups in total. The van der Waals surface area contributed by atoms with E-state index in [9.17, 15) is 4.79 Å². The molecule has 0 aromatic heterocycles. The third kappa shape index (κ3) is 3.47. The molecule has 0 unspecified atom stereocenters. The van der Waals surface area contributed by atoms with Crippen LogP contribution in [0.2, 0.25) is 0 Å². The first-order valence-corrected chi connectivity index (χ1v) is 5.58. The van der Waals surface area contributed by atoms with Gasteiger partial charge in [-0.2, -0.15) is 0 Å². The molecule has 1 rings (SSSR count). The zero-order valence-corrected chi connectivity index (χ0v) is 10.0. The summed E-state index contributed by atoms with van der Waals surface area (Å²) in [4.78, 5) is 11.9. The van der Waals surface area contributed by atoms with Gasteiger partial charge in [0, 0.05) is 12.8 Å². The van der Waals surface area contributed by atoms with Gasteiger partial charge in [-0.3, -0.25) is 4.79 Å². The van der Waals surface area contributed by atoms with Crippen molar-refractivity contribution in [2.75, 3.05) is 0 Å². The van der Waals surface area contributed by atoms with E-state index in [4.69, 9.17) is 10.5 Å². The van der Waals surface area contributed by atoms with Crippen LogP contribution in [-0.4, -0.2) is 23.2 Å². The van der Waals surface area contributed by atoms with Crippen LogP contribution in [0.4, 0.5) is 0 Å². The van der Waals surface area contributed by atoms with Gasteiger partial charge in [-0.1, -0.05) is 0 Å². The molecule has 0 aliphatic heterocycles. The molecule has 15 heavy (non-hydrogen) atoms. The Morgan fingerprint density at radius 3 is 2.27 bits per heavy atom. The van der Waals surface area contributed by atoms with E-state index in [2.05, 4.69) is 5.73 Å².